The predicted molar refractivity (Wildman–Crippen MR) is 110 cm³/mol. The van der Waals surface area contributed by atoms with Gasteiger partial charge in [-0.05, 0) is 13.8 Å². The molecule has 8 heteroatoms. The van der Waals surface area contributed by atoms with E-state index in [1.54, 1.807) is 6.21 Å². The Morgan fingerprint density at radius 2 is 1.41 bits per heavy atom. The molecule has 0 radical (unpaired) electrons. The molecule has 0 aromatic rings. The summed E-state index contributed by atoms with van der Waals surface area (Å²) in [6.07, 6.45) is 2.66. The number of hydrogen-bond acceptors (Lipinski definition) is 8. The minimum atomic E-state index is 0.198. The van der Waals surface area contributed by atoms with Crippen molar-refractivity contribution in [2.75, 3.05) is 52.9 Å². The Morgan fingerprint density at radius 1 is 0.926 bits per heavy atom. The molecule has 0 heterocycles. The third-order valence-electron chi connectivity index (χ3n) is 2.97. The number of ether oxygens (including phenoxy) is 4. The largest absolute Gasteiger partial charge is 0.379 e. The van der Waals surface area contributed by atoms with Crippen LogP contribution in [0.25, 0.3) is 0 Å². The highest BCUT2D eigenvalue weighted by Crippen LogP contribution is 1.90. The van der Waals surface area contributed by atoms with Gasteiger partial charge in [0.1, 0.15) is 11.5 Å². The molecule has 0 bridgehead atoms. The van der Waals surface area contributed by atoms with E-state index in [0.717, 1.165) is 0 Å². The number of hydrogen-bond donors (Lipinski definition) is 1. The number of carbonyl (C=O) groups excluding carboxylic acids is 1. The van der Waals surface area contributed by atoms with Crippen molar-refractivity contribution < 1.29 is 23.7 Å². The molecular formula is C19H39N3O5. The summed E-state index contributed by atoms with van der Waals surface area (Å²) in [5.74, 6) is 5.48. The van der Waals surface area contributed by atoms with E-state index >= 15 is 0 Å². The van der Waals surface area contributed by atoms with Gasteiger partial charge < -0.3 is 24.8 Å². The van der Waals surface area contributed by atoms with Gasteiger partial charge in [0.25, 0.3) is 0 Å². The molecule has 0 saturated carbocycles. The van der Waals surface area contributed by atoms with Gasteiger partial charge in [-0.1, -0.05) is 20.8 Å². The molecule has 0 aromatic carbocycles. The lowest BCUT2D eigenvalue weighted by Crippen LogP contribution is -2.17. The fourth-order valence-corrected chi connectivity index (χ4v) is 1.54. The summed E-state index contributed by atoms with van der Waals surface area (Å²) in [6.45, 7) is 13.4. The van der Waals surface area contributed by atoms with Crippen LogP contribution < -0.4 is 5.84 Å². The normalized spacial score (nSPS) is 11.7. The molecule has 0 aliphatic carbocycles. The van der Waals surface area contributed by atoms with Crippen LogP contribution in [-0.4, -0.2) is 76.6 Å². The van der Waals surface area contributed by atoms with E-state index in [2.05, 4.69) is 10.1 Å². The van der Waals surface area contributed by atoms with Crippen LogP contribution in [0, 0.1) is 0 Å². The summed E-state index contributed by atoms with van der Waals surface area (Å²) in [4.78, 5) is 15.2. The van der Waals surface area contributed by atoms with Crippen LogP contribution in [-0.2, 0) is 23.7 Å². The smallest absolute Gasteiger partial charge is 0.134 e. The highest BCUT2D eigenvalue weighted by molar-refractivity contribution is 6.31. The zero-order valence-electron chi connectivity index (χ0n) is 17.7. The van der Waals surface area contributed by atoms with E-state index in [4.69, 9.17) is 24.8 Å². The highest BCUT2D eigenvalue weighted by atomic mass is 16.6. The van der Waals surface area contributed by atoms with Crippen molar-refractivity contribution in [3.63, 3.8) is 0 Å². The third kappa shape index (κ3) is 22.6. The summed E-state index contributed by atoms with van der Waals surface area (Å²) in [5.41, 5.74) is 0.595. The Kier molecular flexibility index (Phi) is 23.4. The first-order valence-electron chi connectivity index (χ1n) is 9.72. The van der Waals surface area contributed by atoms with E-state index in [1.807, 2.05) is 34.6 Å². The van der Waals surface area contributed by atoms with Crippen LogP contribution in [0.2, 0.25) is 0 Å². The fraction of sp³-hybridized carbons (Fsp3) is 0.842. The molecule has 0 aliphatic heterocycles. The quantitative estimate of drug-likeness (QED) is 0.177. The molecule has 0 aliphatic rings. The summed E-state index contributed by atoms with van der Waals surface area (Å²) < 4.78 is 21.4. The number of nitrogens with two attached hydrogens (primary N) is 1. The maximum Gasteiger partial charge on any atom is 0.134 e. The van der Waals surface area contributed by atoms with E-state index in [1.165, 1.54) is 0 Å². The van der Waals surface area contributed by atoms with Crippen LogP contribution >= 0.6 is 0 Å². The number of ketones is 1. The van der Waals surface area contributed by atoms with Gasteiger partial charge in [0.2, 0.25) is 0 Å². The van der Waals surface area contributed by atoms with Gasteiger partial charge in [-0.25, -0.2) is 0 Å². The molecule has 27 heavy (non-hydrogen) atoms. The lowest BCUT2D eigenvalue weighted by molar-refractivity contribution is -0.120. The molecule has 0 unspecified atom stereocenters. The van der Waals surface area contributed by atoms with Crippen molar-refractivity contribution in [1.29, 1.82) is 0 Å². The van der Waals surface area contributed by atoms with Crippen molar-refractivity contribution in [3.05, 3.63) is 0 Å². The van der Waals surface area contributed by atoms with Crippen LogP contribution in [0.4, 0.5) is 0 Å². The molecule has 0 rings (SSSR count). The molecule has 0 saturated heterocycles. The van der Waals surface area contributed by atoms with Gasteiger partial charge in [0, 0.05) is 25.1 Å². The van der Waals surface area contributed by atoms with Crippen LogP contribution in [0.3, 0.4) is 0 Å². The van der Waals surface area contributed by atoms with Crippen molar-refractivity contribution in [2.45, 2.75) is 53.5 Å². The van der Waals surface area contributed by atoms with Crippen molar-refractivity contribution in [3.8, 4) is 0 Å². The molecule has 0 spiro atoms. The monoisotopic (exact) mass is 389 g/mol. The first-order chi connectivity index (χ1) is 13.1. The van der Waals surface area contributed by atoms with Crippen molar-refractivity contribution in [1.82, 2.24) is 0 Å². The van der Waals surface area contributed by atoms with Crippen molar-refractivity contribution in [2.24, 2.45) is 15.9 Å². The van der Waals surface area contributed by atoms with E-state index < -0.39 is 0 Å². The average molecular weight is 390 g/mol. The second-order valence-corrected chi connectivity index (χ2v) is 5.52. The number of Topliss-reactive ketones (excluding diaryl/α,β-unsaturated/α-hetero) is 1. The zero-order valence-corrected chi connectivity index (χ0v) is 17.7. The predicted octanol–water partition coefficient (Wildman–Crippen LogP) is 2.24. The first kappa shape index (κ1) is 27.9. The average Bonchev–Trinajstić information content (AvgIpc) is 2.68. The number of aliphatic imine (C=N–C) groups is 1. The van der Waals surface area contributed by atoms with Gasteiger partial charge in [-0.15, -0.1) is 0 Å². The maximum atomic E-state index is 11.1. The lowest BCUT2D eigenvalue weighted by atomic mass is 10.2. The highest BCUT2D eigenvalue weighted by Gasteiger charge is 1.99. The zero-order chi connectivity index (χ0) is 20.8. The fourth-order valence-electron chi connectivity index (χ4n) is 1.54. The number of rotatable bonds is 17. The lowest BCUT2D eigenvalue weighted by Gasteiger charge is -2.07. The summed E-state index contributed by atoms with van der Waals surface area (Å²) >= 11 is 0. The number of hydrazone groups is 1. The number of nitrogens with zero attached hydrogens (tertiary/aromatic N) is 2. The second-order valence-electron chi connectivity index (χ2n) is 5.52. The summed E-state index contributed by atoms with van der Waals surface area (Å²) in [7, 11) is 0. The van der Waals surface area contributed by atoms with Crippen LogP contribution in [0.15, 0.2) is 10.1 Å². The maximum absolute atomic E-state index is 11.1. The molecule has 0 aromatic heterocycles. The Hall–Kier alpha value is -1.35. The molecule has 2 N–H and O–H groups in total. The molecule has 0 amide bonds. The van der Waals surface area contributed by atoms with E-state index in [0.29, 0.717) is 71.4 Å². The molecular weight excluding hydrogens is 350 g/mol. The van der Waals surface area contributed by atoms with Gasteiger partial charge in [0.15, 0.2) is 0 Å². The summed E-state index contributed by atoms with van der Waals surface area (Å²) in [5, 5.41) is 3.61. The van der Waals surface area contributed by atoms with Gasteiger partial charge >= 0.3 is 0 Å². The van der Waals surface area contributed by atoms with Crippen LogP contribution in [0.5, 0.6) is 0 Å². The molecule has 0 atom stereocenters. The van der Waals surface area contributed by atoms with Gasteiger partial charge in [-0.3, -0.25) is 9.79 Å². The van der Waals surface area contributed by atoms with Gasteiger partial charge in [-0.2, -0.15) is 5.10 Å². The molecule has 160 valence electrons. The topological polar surface area (TPSA) is 105 Å². The van der Waals surface area contributed by atoms with Crippen LogP contribution in [0.1, 0.15) is 47.5 Å². The molecule has 0 fully saturated rings. The molecule has 8 nitrogen and oxygen atoms in total. The Bertz CT molecular complexity index is 388. The minimum absolute atomic E-state index is 0.198. The SMILES string of the molecule is CC.CCC(=O)CCOCCOCCOCCOC/C(C=NC(C)C)=N/N. The van der Waals surface area contributed by atoms with Gasteiger partial charge in [0.05, 0.1) is 52.9 Å². The Morgan fingerprint density at radius 3 is 1.85 bits per heavy atom. The van der Waals surface area contributed by atoms with E-state index in [9.17, 15) is 4.79 Å². The standard InChI is InChI=1S/C17H33N3O5.C2H6/c1-4-17(21)5-6-22-7-8-23-9-10-24-11-12-25-14-16(20-18)13-19-15(2)3;1-2/h13,15H,4-12,14,18H2,1-3H3;1-2H3/b19-13?,20-16+;. The second kappa shape index (κ2) is 22.7. The first-order valence-corrected chi connectivity index (χ1v) is 9.72. The number of carbonyl (C=O) groups is 1. The third-order valence-corrected chi connectivity index (χ3v) is 2.97. The Balaban J connectivity index is 0. The van der Waals surface area contributed by atoms with E-state index in [-0.39, 0.29) is 11.8 Å². The summed E-state index contributed by atoms with van der Waals surface area (Å²) in [6, 6.07) is 0.198. The minimum Gasteiger partial charge on any atom is -0.379 e. The van der Waals surface area contributed by atoms with Crippen molar-refractivity contribution >= 4 is 17.7 Å². The Labute approximate surface area is 164 Å².